The van der Waals surface area contributed by atoms with Crippen LogP contribution in [0.4, 0.5) is 0 Å². The Kier molecular flexibility index (Phi) is 11.7. The molecular weight excluding hydrogens is 234 g/mol. The summed E-state index contributed by atoms with van der Waals surface area (Å²) in [6.07, 6.45) is 12.2. The van der Waals surface area contributed by atoms with E-state index in [1.165, 1.54) is 57.8 Å². The maximum atomic E-state index is 5.71. The van der Waals surface area contributed by atoms with Crippen molar-refractivity contribution in [1.29, 1.82) is 0 Å². The van der Waals surface area contributed by atoms with E-state index in [-0.39, 0.29) is 5.60 Å². The summed E-state index contributed by atoms with van der Waals surface area (Å²) in [4.78, 5) is 0. The van der Waals surface area contributed by atoms with Crippen molar-refractivity contribution in [3.8, 4) is 0 Å². The van der Waals surface area contributed by atoms with Crippen molar-refractivity contribution < 1.29 is 4.74 Å². The van der Waals surface area contributed by atoms with Gasteiger partial charge in [-0.25, -0.2) is 0 Å². The van der Waals surface area contributed by atoms with Gasteiger partial charge in [0.25, 0.3) is 0 Å². The molecule has 0 saturated carbocycles. The van der Waals surface area contributed by atoms with Crippen molar-refractivity contribution >= 4 is 0 Å². The van der Waals surface area contributed by atoms with E-state index in [0.717, 1.165) is 6.54 Å². The van der Waals surface area contributed by atoms with Crippen LogP contribution in [0.15, 0.2) is 0 Å². The summed E-state index contributed by atoms with van der Waals surface area (Å²) in [6.45, 7) is 7.88. The Labute approximate surface area is 121 Å². The van der Waals surface area contributed by atoms with Crippen LogP contribution in [-0.2, 0) is 4.74 Å². The van der Waals surface area contributed by atoms with Gasteiger partial charge in [-0.15, -0.1) is 0 Å². The van der Waals surface area contributed by atoms with Crippen molar-refractivity contribution in [2.24, 2.45) is 5.92 Å². The van der Waals surface area contributed by atoms with Crippen molar-refractivity contribution in [3.05, 3.63) is 0 Å². The zero-order valence-corrected chi connectivity index (χ0v) is 14.1. The molecule has 0 aromatic carbocycles. The molecule has 0 radical (unpaired) electrons. The van der Waals surface area contributed by atoms with Gasteiger partial charge in [-0.3, -0.25) is 0 Å². The van der Waals surface area contributed by atoms with Crippen molar-refractivity contribution in [1.82, 2.24) is 5.32 Å². The minimum absolute atomic E-state index is 0.0250. The maximum Gasteiger partial charge on any atom is 0.0650 e. The average Bonchev–Trinajstić information content (AvgIpc) is 2.40. The third-order valence-corrected chi connectivity index (χ3v) is 4.39. The summed E-state index contributed by atoms with van der Waals surface area (Å²) in [5, 5.41) is 3.24. The van der Waals surface area contributed by atoms with Crippen molar-refractivity contribution in [2.75, 3.05) is 20.7 Å². The summed E-state index contributed by atoms with van der Waals surface area (Å²) >= 11 is 0. The molecular formula is C17H37NO. The molecule has 1 atom stereocenters. The molecule has 0 bridgehead atoms. The number of ether oxygens (including phenoxy) is 1. The van der Waals surface area contributed by atoms with E-state index < -0.39 is 0 Å². The molecule has 0 aliphatic rings. The molecule has 1 unspecified atom stereocenters. The van der Waals surface area contributed by atoms with E-state index >= 15 is 0 Å². The first-order valence-electron chi connectivity index (χ1n) is 8.28. The standard InChI is InChI=1S/C17H37NO/c1-6-7-8-9-10-11-13-16(14-12-15-18-4)17(2,3)19-5/h16,18H,6-15H2,1-5H3. The molecule has 0 amide bonds. The van der Waals surface area contributed by atoms with Gasteiger partial charge in [-0.2, -0.15) is 0 Å². The van der Waals surface area contributed by atoms with Crippen LogP contribution in [0, 0.1) is 5.92 Å². The van der Waals surface area contributed by atoms with E-state index in [9.17, 15) is 0 Å². The van der Waals surface area contributed by atoms with Crippen molar-refractivity contribution in [2.45, 2.75) is 84.2 Å². The molecule has 0 aromatic heterocycles. The van der Waals surface area contributed by atoms with Gasteiger partial charge in [0.05, 0.1) is 5.60 Å². The highest BCUT2D eigenvalue weighted by molar-refractivity contribution is 4.79. The zero-order chi connectivity index (χ0) is 14.6. The van der Waals surface area contributed by atoms with Crippen LogP contribution >= 0.6 is 0 Å². The van der Waals surface area contributed by atoms with Gasteiger partial charge in [0.2, 0.25) is 0 Å². The highest BCUT2D eigenvalue weighted by atomic mass is 16.5. The first-order valence-corrected chi connectivity index (χ1v) is 8.28. The summed E-state index contributed by atoms with van der Waals surface area (Å²) in [5.74, 6) is 0.692. The molecule has 0 aromatic rings. The van der Waals surface area contributed by atoms with Crippen LogP contribution in [0.2, 0.25) is 0 Å². The van der Waals surface area contributed by atoms with Crippen molar-refractivity contribution in [3.63, 3.8) is 0 Å². The number of nitrogens with one attached hydrogen (secondary N) is 1. The van der Waals surface area contributed by atoms with Gasteiger partial charge in [-0.05, 0) is 52.6 Å². The summed E-state index contributed by atoms with van der Waals surface area (Å²) < 4.78 is 5.71. The minimum Gasteiger partial charge on any atom is -0.379 e. The SMILES string of the molecule is CCCCCCCCC(CCCNC)C(C)(C)OC. The summed E-state index contributed by atoms with van der Waals surface area (Å²) in [5.41, 5.74) is 0.0250. The molecule has 0 aliphatic heterocycles. The second kappa shape index (κ2) is 11.7. The Balaban J connectivity index is 3.91. The normalized spacial score (nSPS) is 13.7. The van der Waals surface area contributed by atoms with Gasteiger partial charge in [0.1, 0.15) is 0 Å². The zero-order valence-electron chi connectivity index (χ0n) is 14.1. The number of hydrogen-bond donors (Lipinski definition) is 1. The molecule has 0 aliphatic carbocycles. The van der Waals surface area contributed by atoms with Gasteiger partial charge >= 0.3 is 0 Å². The Morgan fingerprint density at radius 2 is 1.53 bits per heavy atom. The molecule has 0 rings (SSSR count). The van der Waals surface area contributed by atoms with Crippen LogP contribution in [0.5, 0.6) is 0 Å². The fraction of sp³-hybridized carbons (Fsp3) is 1.00. The molecule has 19 heavy (non-hydrogen) atoms. The molecule has 0 spiro atoms. The van der Waals surface area contributed by atoms with Crippen LogP contribution in [0.25, 0.3) is 0 Å². The monoisotopic (exact) mass is 271 g/mol. The van der Waals surface area contributed by atoms with Gasteiger partial charge in [0, 0.05) is 7.11 Å². The van der Waals surface area contributed by atoms with Crippen LogP contribution in [-0.4, -0.2) is 26.3 Å². The van der Waals surface area contributed by atoms with Crippen LogP contribution < -0.4 is 5.32 Å². The van der Waals surface area contributed by atoms with E-state index in [2.05, 4.69) is 26.1 Å². The predicted molar refractivity (Wildman–Crippen MR) is 85.7 cm³/mol. The molecule has 0 saturated heterocycles. The topological polar surface area (TPSA) is 21.3 Å². The van der Waals surface area contributed by atoms with E-state index in [1.54, 1.807) is 0 Å². The van der Waals surface area contributed by atoms with Gasteiger partial charge < -0.3 is 10.1 Å². The second-order valence-corrected chi connectivity index (χ2v) is 6.31. The van der Waals surface area contributed by atoms with Crippen LogP contribution in [0.1, 0.15) is 78.6 Å². The summed E-state index contributed by atoms with van der Waals surface area (Å²) in [7, 11) is 3.89. The smallest absolute Gasteiger partial charge is 0.0650 e. The Bertz CT molecular complexity index is 192. The van der Waals surface area contributed by atoms with E-state index in [0.29, 0.717) is 5.92 Å². The van der Waals surface area contributed by atoms with Gasteiger partial charge in [-0.1, -0.05) is 45.4 Å². The minimum atomic E-state index is 0.0250. The Morgan fingerprint density at radius 3 is 2.11 bits per heavy atom. The highest BCUT2D eigenvalue weighted by Gasteiger charge is 2.28. The molecule has 0 heterocycles. The van der Waals surface area contributed by atoms with Crippen LogP contribution in [0.3, 0.4) is 0 Å². The second-order valence-electron chi connectivity index (χ2n) is 6.31. The number of hydrogen-bond acceptors (Lipinski definition) is 2. The summed E-state index contributed by atoms with van der Waals surface area (Å²) in [6, 6.07) is 0. The lowest BCUT2D eigenvalue weighted by atomic mass is 9.82. The predicted octanol–water partition coefficient (Wildman–Crippen LogP) is 4.78. The quantitative estimate of drug-likeness (QED) is 0.487. The Hall–Kier alpha value is -0.0800. The first-order chi connectivity index (χ1) is 9.08. The van der Waals surface area contributed by atoms with Gasteiger partial charge in [0.15, 0.2) is 0 Å². The molecule has 0 fully saturated rings. The fourth-order valence-corrected chi connectivity index (χ4v) is 2.70. The Morgan fingerprint density at radius 1 is 0.947 bits per heavy atom. The van der Waals surface area contributed by atoms with E-state index in [1.807, 2.05) is 14.2 Å². The largest absolute Gasteiger partial charge is 0.379 e. The third kappa shape index (κ3) is 9.45. The fourth-order valence-electron chi connectivity index (χ4n) is 2.70. The first kappa shape index (κ1) is 18.9. The molecule has 116 valence electrons. The highest BCUT2D eigenvalue weighted by Crippen LogP contribution is 2.30. The lowest BCUT2D eigenvalue weighted by Crippen LogP contribution is -2.33. The molecule has 2 heteroatoms. The lowest BCUT2D eigenvalue weighted by Gasteiger charge is -2.33. The number of methoxy groups -OCH3 is 1. The maximum absolute atomic E-state index is 5.71. The van der Waals surface area contributed by atoms with E-state index in [4.69, 9.17) is 4.74 Å². The molecule has 2 nitrogen and oxygen atoms in total. The molecule has 1 N–H and O–H groups in total. The average molecular weight is 271 g/mol. The number of unbranched alkanes of at least 4 members (excludes halogenated alkanes) is 5. The third-order valence-electron chi connectivity index (χ3n) is 4.39. The number of rotatable bonds is 13. The lowest BCUT2D eigenvalue weighted by molar-refractivity contribution is -0.0350.